The molecule has 1 aromatic carbocycles. The van der Waals surface area contributed by atoms with Crippen molar-refractivity contribution in [3.8, 4) is 0 Å². The van der Waals surface area contributed by atoms with E-state index in [1.807, 2.05) is 6.92 Å². The molecule has 0 aliphatic rings. The number of aromatic nitrogens is 2. The summed E-state index contributed by atoms with van der Waals surface area (Å²) in [5.41, 5.74) is 0.690. The second-order valence-corrected chi connectivity index (χ2v) is 6.74. The molecule has 1 aromatic heterocycles. The molecule has 0 saturated carbocycles. The highest BCUT2D eigenvalue weighted by Gasteiger charge is 2.20. The zero-order chi connectivity index (χ0) is 18.4. The largest absolute Gasteiger partial charge is 0.323 e. The van der Waals surface area contributed by atoms with Crippen LogP contribution in [0.25, 0.3) is 0 Å². The molecule has 0 radical (unpaired) electrons. The Morgan fingerprint density at radius 1 is 1.44 bits per heavy atom. The van der Waals surface area contributed by atoms with Crippen molar-refractivity contribution < 1.29 is 9.72 Å². The number of urea groups is 1. The van der Waals surface area contributed by atoms with Crippen LogP contribution in [0.15, 0.2) is 24.3 Å². The number of anilines is 1. The van der Waals surface area contributed by atoms with Gasteiger partial charge in [-0.2, -0.15) is 0 Å². The van der Waals surface area contributed by atoms with E-state index in [0.29, 0.717) is 10.7 Å². The van der Waals surface area contributed by atoms with Crippen molar-refractivity contribution in [2.75, 3.05) is 12.4 Å². The monoisotopic (exact) mass is 363 g/mol. The fourth-order valence-corrected chi connectivity index (χ4v) is 2.98. The standard InChI is InChI=1S/C16H21N5O3S/c1-4-5-9-14-18-19-15(25-14)17-16(22)20(3)11(2)12-7-6-8-13(10-12)21(23)24/h6-8,10-11H,4-5,9H2,1-3H3,(H,17,19,22). The average molecular weight is 363 g/mol. The molecule has 134 valence electrons. The van der Waals surface area contributed by atoms with Crippen molar-refractivity contribution in [1.82, 2.24) is 15.1 Å². The third kappa shape index (κ3) is 4.96. The zero-order valence-corrected chi connectivity index (χ0v) is 15.2. The van der Waals surface area contributed by atoms with Gasteiger partial charge in [0.05, 0.1) is 11.0 Å². The van der Waals surface area contributed by atoms with Crippen molar-refractivity contribution in [2.45, 2.75) is 39.2 Å². The van der Waals surface area contributed by atoms with Gasteiger partial charge >= 0.3 is 6.03 Å². The Morgan fingerprint density at radius 2 is 2.20 bits per heavy atom. The first kappa shape index (κ1) is 18.8. The number of hydrogen-bond donors (Lipinski definition) is 1. The van der Waals surface area contributed by atoms with E-state index < -0.39 is 4.92 Å². The van der Waals surface area contributed by atoms with Crippen LogP contribution in [0.1, 0.15) is 43.3 Å². The second-order valence-electron chi connectivity index (χ2n) is 5.67. The fourth-order valence-electron chi connectivity index (χ4n) is 2.21. The topological polar surface area (TPSA) is 101 Å². The predicted octanol–water partition coefficient (Wildman–Crippen LogP) is 4.01. The highest BCUT2D eigenvalue weighted by Crippen LogP contribution is 2.24. The van der Waals surface area contributed by atoms with Crippen LogP contribution in [0, 0.1) is 10.1 Å². The van der Waals surface area contributed by atoms with E-state index in [0.717, 1.165) is 24.3 Å². The summed E-state index contributed by atoms with van der Waals surface area (Å²) in [7, 11) is 1.64. The quantitative estimate of drug-likeness (QED) is 0.591. The second kappa shape index (κ2) is 8.52. The number of carbonyl (C=O) groups is 1. The molecule has 0 saturated heterocycles. The molecule has 2 rings (SSSR count). The molecule has 0 spiro atoms. The van der Waals surface area contributed by atoms with Crippen LogP contribution in [-0.4, -0.2) is 33.1 Å². The number of aryl methyl sites for hydroxylation is 1. The number of rotatable bonds is 7. The molecule has 0 aliphatic carbocycles. The lowest BCUT2D eigenvalue weighted by molar-refractivity contribution is -0.384. The molecule has 1 unspecified atom stereocenters. The first-order valence-corrected chi connectivity index (χ1v) is 8.84. The van der Waals surface area contributed by atoms with Gasteiger partial charge in [-0.3, -0.25) is 15.4 Å². The Labute approximate surface area is 150 Å². The summed E-state index contributed by atoms with van der Waals surface area (Å²) < 4.78 is 0. The van der Waals surface area contributed by atoms with E-state index in [2.05, 4.69) is 22.4 Å². The van der Waals surface area contributed by atoms with Crippen LogP contribution in [-0.2, 0) is 6.42 Å². The fraction of sp³-hybridized carbons (Fsp3) is 0.438. The number of nitro groups is 1. The van der Waals surface area contributed by atoms with E-state index in [1.54, 1.807) is 19.2 Å². The minimum atomic E-state index is -0.449. The minimum absolute atomic E-state index is 0.00264. The number of unbranched alkanes of at least 4 members (excludes halogenated alkanes) is 1. The Kier molecular flexibility index (Phi) is 6.40. The number of nitro benzene ring substituents is 1. The number of non-ortho nitro benzene ring substituents is 1. The van der Waals surface area contributed by atoms with Gasteiger partial charge < -0.3 is 4.90 Å². The van der Waals surface area contributed by atoms with Gasteiger partial charge in [0.15, 0.2) is 0 Å². The Balaban J connectivity index is 2.02. The summed E-state index contributed by atoms with van der Waals surface area (Å²) in [4.78, 5) is 24.3. The summed E-state index contributed by atoms with van der Waals surface area (Å²) in [5.74, 6) is 0. The van der Waals surface area contributed by atoms with Gasteiger partial charge in [-0.15, -0.1) is 10.2 Å². The smallest absolute Gasteiger partial charge is 0.321 e. The molecule has 2 amide bonds. The normalized spacial score (nSPS) is 11.8. The van der Waals surface area contributed by atoms with Crippen molar-refractivity contribution in [2.24, 2.45) is 0 Å². The van der Waals surface area contributed by atoms with E-state index in [1.165, 1.54) is 28.4 Å². The summed E-state index contributed by atoms with van der Waals surface area (Å²) in [6, 6.07) is 5.61. The molecule has 8 nitrogen and oxygen atoms in total. The third-order valence-corrected chi connectivity index (χ3v) is 4.79. The maximum Gasteiger partial charge on any atom is 0.323 e. The summed E-state index contributed by atoms with van der Waals surface area (Å²) in [5, 5.41) is 23.0. The SMILES string of the molecule is CCCCc1nnc(NC(=O)N(C)C(C)c2cccc([N+](=O)[O-])c2)s1. The Bertz CT molecular complexity index is 749. The van der Waals surface area contributed by atoms with Crippen LogP contribution < -0.4 is 5.32 Å². The summed E-state index contributed by atoms with van der Waals surface area (Å²) >= 11 is 1.36. The summed E-state index contributed by atoms with van der Waals surface area (Å²) in [6.07, 6.45) is 2.96. The van der Waals surface area contributed by atoms with Gasteiger partial charge in [-0.25, -0.2) is 4.79 Å². The Morgan fingerprint density at radius 3 is 2.88 bits per heavy atom. The van der Waals surface area contributed by atoms with Crippen LogP contribution in [0.3, 0.4) is 0 Å². The number of amides is 2. The molecular formula is C16H21N5O3S. The van der Waals surface area contributed by atoms with Crippen molar-refractivity contribution in [3.05, 3.63) is 45.0 Å². The predicted molar refractivity (Wildman–Crippen MR) is 96.8 cm³/mol. The molecule has 1 N–H and O–H groups in total. The van der Waals surface area contributed by atoms with Gasteiger partial charge in [0, 0.05) is 25.6 Å². The van der Waals surface area contributed by atoms with Gasteiger partial charge in [0.2, 0.25) is 5.13 Å². The molecule has 25 heavy (non-hydrogen) atoms. The van der Waals surface area contributed by atoms with E-state index in [-0.39, 0.29) is 17.8 Å². The van der Waals surface area contributed by atoms with Gasteiger partial charge in [-0.05, 0) is 18.9 Å². The maximum atomic E-state index is 12.4. The molecule has 0 fully saturated rings. The Hall–Kier alpha value is -2.55. The minimum Gasteiger partial charge on any atom is -0.321 e. The highest BCUT2D eigenvalue weighted by molar-refractivity contribution is 7.15. The van der Waals surface area contributed by atoms with E-state index >= 15 is 0 Å². The number of hydrogen-bond acceptors (Lipinski definition) is 6. The molecule has 9 heteroatoms. The lowest BCUT2D eigenvalue weighted by Gasteiger charge is -2.24. The first-order valence-electron chi connectivity index (χ1n) is 8.03. The third-order valence-electron chi connectivity index (χ3n) is 3.89. The van der Waals surface area contributed by atoms with Crippen LogP contribution >= 0.6 is 11.3 Å². The van der Waals surface area contributed by atoms with Crippen LogP contribution in [0.5, 0.6) is 0 Å². The van der Waals surface area contributed by atoms with Gasteiger partial charge in [0.25, 0.3) is 5.69 Å². The molecular weight excluding hydrogens is 342 g/mol. The maximum absolute atomic E-state index is 12.4. The first-order chi connectivity index (χ1) is 11.9. The van der Waals surface area contributed by atoms with Crippen LogP contribution in [0.2, 0.25) is 0 Å². The highest BCUT2D eigenvalue weighted by atomic mass is 32.1. The molecule has 2 aromatic rings. The number of nitrogens with one attached hydrogen (secondary N) is 1. The van der Waals surface area contributed by atoms with E-state index in [9.17, 15) is 14.9 Å². The number of carbonyl (C=O) groups excluding carboxylic acids is 1. The lowest BCUT2D eigenvalue weighted by Crippen LogP contribution is -2.33. The molecule has 0 aliphatic heterocycles. The molecule has 0 bridgehead atoms. The zero-order valence-electron chi connectivity index (χ0n) is 14.4. The van der Waals surface area contributed by atoms with Gasteiger partial charge in [-0.1, -0.05) is 36.8 Å². The molecule has 1 heterocycles. The van der Waals surface area contributed by atoms with E-state index in [4.69, 9.17) is 0 Å². The van der Waals surface area contributed by atoms with Crippen LogP contribution in [0.4, 0.5) is 15.6 Å². The lowest BCUT2D eigenvalue weighted by atomic mass is 10.1. The number of nitrogens with zero attached hydrogens (tertiary/aromatic N) is 4. The van der Waals surface area contributed by atoms with Gasteiger partial charge in [0.1, 0.15) is 5.01 Å². The van der Waals surface area contributed by atoms with Crippen molar-refractivity contribution in [1.29, 1.82) is 0 Å². The average Bonchev–Trinajstić information content (AvgIpc) is 3.05. The number of benzene rings is 1. The summed E-state index contributed by atoms with van der Waals surface area (Å²) in [6.45, 7) is 3.92. The van der Waals surface area contributed by atoms with Crippen molar-refractivity contribution in [3.63, 3.8) is 0 Å². The van der Waals surface area contributed by atoms with Crippen molar-refractivity contribution >= 4 is 28.2 Å². The molecule has 1 atom stereocenters.